The van der Waals surface area contributed by atoms with Gasteiger partial charge in [0.15, 0.2) is 0 Å². The molecule has 3 aromatic rings. The summed E-state index contributed by atoms with van der Waals surface area (Å²) >= 11 is 0. The summed E-state index contributed by atoms with van der Waals surface area (Å²) in [5.41, 5.74) is 4.65. The van der Waals surface area contributed by atoms with Gasteiger partial charge in [-0.05, 0) is 61.4 Å². The average molecular weight is 377 g/mol. The smallest absolute Gasteiger partial charge is 0.274 e. The Labute approximate surface area is 164 Å². The Hall–Kier alpha value is -3.54. The Morgan fingerprint density at radius 2 is 1.46 bits per heavy atom. The van der Waals surface area contributed by atoms with Crippen LogP contribution in [-0.2, 0) is 0 Å². The minimum absolute atomic E-state index is 0.302. The number of anilines is 3. The maximum absolute atomic E-state index is 12.5. The van der Waals surface area contributed by atoms with Crippen LogP contribution >= 0.6 is 0 Å². The molecule has 0 aliphatic rings. The lowest BCUT2D eigenvalue weighted by molar-refractivity contribution is 0.102. The fourth-order valence-corrected chi connectivity index (χ4v) is 2.78. The van der Waals surface area contributed by atoms with Crippen LogP contribution in [0.3, 0.4) is 0 Å². The molecule has 1 heterocycles. The Balaban J connectivity index is 1.75. The van der Waals surface area contributed by atoms with Gasteiger partial charge in [0, 0.05) is 0 Å². The van der Waals surface area contributed by atoms with E-state index in [1.807, 2.05) is 50.2 Å². The molecule has 0 aliphatic heterocycles. The number of carbonyl (C=O) groups is 1. The van der Waals surface area contributed by atoms with E-state index in [4.69, 9.17) is 9.47 Å². The van der Waals surface area contributed by atoms with Gasteiger partial charge in [-0.1, -0.05) is 12.1 Å². The topological polar surface area (TPSA) is 72.5 Å². The molecule has 2 aromatic carbocycles. The van der Waals surface area contributed by atoms with E-state index < -0.39 is 0 Å². The standard InChI is InChI=1S/C22H23N3O3/c1-14-5-9-20(27-3)18(11-14)24-16-7-8-17(23-13-16)22(26)25-19-12-15(2)6-10-21(19)28-4/h5-13,24H,1-4H3,(H,25,26). The highest BCUT2D eigenvalue weighted by molar-refractivity contribution is 6.03. The molecule has 0 aliphatic carbocycles. The molecule has 0 saturated heterocycles. The van der Waals surface area contributed by atoms with Crippen molar-refractivity contribution in [2.75, 3.05) is 24.9 Å². The zero-order chi connectivity index (χ0) is 20.1. The monoisotopic (exact) mass is 377 g/mol. The van der Waals surface area contributed by atoms with E-state index in [-0.39, 0.29) is 5.91 Å². The van der Waals surface area contributed by atoms with Gasteiger partial charge < -0.3 is 20.1 Å². The number of benzene rings is 2. The van der Waals surface area contributed by atoms with Crippen LogP contribution in [0.2, 0.25) is 0 Å². The molecule has 1 amide bonds. The molecule has 6 heteroatoms. The molecule has 3 rings (SSSR count). The number of ether oxygens (including phenoxy) is 2. The number of nitrogens with zero attached hydrogens (tertiary/aromatic N) is 1. The highest BCUT2D eigenvalue weighted by Gasteiger charge is 2.12. The molecule has 144 valence electrons. The molecule has 28 heavy (non-hydrogen) atoms. The van der Waals surface area contributed by atoms with Crippen molar-refractivity contribution in [3.63, 3.8) is 0 Å². The van der Waals surface area contributed by atoms with Crippen LogP contribution in [0.5, 0.6) is 11.5 Å². The maximum Gasteiger partial charge on any atom is 0.274 e. The lowest BCUT2D eigenvalue weighted by Crippen LogP contribution is -2.14. The van der Waals surface area contributed by atoms with Crippen molar-refractivity contribution in [2.24, 2.45) is 0 Å². The summed E-state index contributed by atoms with van der Waals surface area (Å²) in [5, 5.41) is 6.11. The summed E-state index contributed by atoms with van der Waals surface area (Å²) in [7, 11) is 3.19. The average Bonchev–Trinajstić information content (AvgIpc) is 2.69. The van der Waals surface area contributed by atoms with Crippen LogP contribution in [-0.4, -0.2) is 25.1 Å². The summed E-state index contributed by atoms with van der Waals surface area (Å²) in [4.78, 5) is 16.8. The van der Waals surface area contributed by atoms with Crippen molar-refractivity contribution in [1.29, 1.82) is 0 Å². The first kappa shape index (κ1) is 19.2. The molecular formula is C22H23N3O3. The van der Waals surface area contributed by atoms with Gasteiger partial charge >= 0.3 is 0 Å². The van der Waals surface area contributed by atoms with Gasteiger partial charge in [-0.25, -0.2) is 4.98 Å². The second-order valence-corrected chi connectivity index (χ2v) is 6.42. The van der Waals surface area contributed by atoms with Gasteiger partial charge in [0.05, 0.1) is 37.5 Å². The second-order valence-electron chi connectivity index (χ2n) is 6.42. The molecule has 0 fully saturated rings. The van der Waals surface area contributed by atoms with Crippen LogP contribution in [0.1, 0.15) is 21.6 Å². The quantitative estimate of drug-likeness (QED) is 0.651. The van der Waals surface area contributed by atoms with Crippen molar-refractivity contribution >= 4 is 23.0 Å². The first-order valence-corrected chi connectivity index (χ1v) is 8.84. The van der Waals surface area contributed by atoms with Crippen LogP contribution in [0, 0.1) is 13.8 Å². The van der Waals surface area contributed by atoms with E-state index in [1.54, 1.807) is 32.5 Å². The van der Waals surface area contributed by atoms with Crippen molar-refractivity contribution < 1.29 is 14.3 Å². The predicted molar refractivity (Wildman–Crippen MR) is 111 cm³/mol. The number of carbonyl (C=O) groups excluding carboxylic acids is 1. The van der Waals surface area contributed by atoms with Crippen molar-refractivity contribution in [2.45, 2.75) is 13.8 Å². The van der Waals surface area contributed by atoms with E-state index >= 15 is 0 Å². The minimum Gasteiger partial charge on any atom is -0.495 e. The Morgan fingerprint density at radius 3 is 2.04 bits per heavy atom. The SMILES string of the molecule is COc1ccc(C)cc1NC(=O)c1ccc(Nc2cc(C)ccc2OC)cn1. The normalized spacial score (nSPS) is 10.3. The Bertz CT molecular complexity index is 985. The molecular weight excluding hydrogens is 354 g/mol. The van der Waals surface area contributed by atoms with Gasteiger partial charge in [-0.15, -0.1) is 0 Å². The number of rotatable bonds is 6. The number of nitrogens with one attached hydrogen (secondary N) is 2. The summed E-state index contributed by atoms with van der Waals surface area (Å²) in [5.74, 6) is 1.03. The van der Waals surface area contributed by atoms with Crippen LogP contribution in [0.4, 0.5) is 17.1 Å². The number of amides is 1. The minimum atomic E-state index is -0.302. The summed E-state index contributed by atoms with van der Waals surface area (Å²) in [6.45, 7) is 3.96. The summed E-state index contributed by atoms with van der Waals surface area (Å²) < 4.78 is 10.7. The zero-order valence-electron chi connectivity index (χ0n) is 16.4. The molecule has 0 saturated carbocycles. The Morgan fingerprint density at radius 1 is 0.857 bits per heavy atom. The van der Waals surface area contributed by atoms with E-state index in [9.17, 15) is 4.79 Å². The molecule has 6 nitrogen and oxygen atoms in total. The van der Waals surface area contributed by atoms with Gasteiger partial charge in [0.1, 0.15) is 17.2 Å². The van der Waals surface area contributed by atoms with E-state index in [2.05, 4.69) is 15.6 Å². The van der Waals surface area contributed by atoms with Gasteiger partial charge in [0.2, 0.25) is 0 Å². The number of hydrogen-bond acceptors (Lipinski definition) is 5. The third-order valence-electron chi connectivity index (χ3n) is 4.23. The number of methoxy groups -OCH3 is 2. The number of aryl methyl sites for hydroxylation is 2. The fraction of sp³-hybridized carbons (Fsp3) is 0.182. The molecule has 0 spiro atoms. The second kappa shape index (κ2) is 8.43. The first-order valence-electron chi connectivity index (χ1n) is 8.84. The van der Waals surface area contributed by atoms with Crippen LogP contribution in [0.15, 0.2) is 54.7 Å². The largest absolute Gasteiger partial charge is 0.495 e. The lowest BCUT2D eigenvalue weighted by Gasteiger charge is -2.13. The Kier molecular flexibility index (Phi) is 5.79. The maximum atomic E-state index is 12.5. The van der Waals surface area contributed by atoms with Gasteiger partial charge in [0.25, 0.3) is 5.91 Å². The van der Waals surface area contributed by atoms with Gasteiger partial charge in [-0.3, -0.25) is 4.79 Å². The highest BCUT2D eigenvalue weighted by atomic mass is 16.5. The molecule has 0 atom stereocenters. The van der Waals surface area contributed by atoms with E-state index in [0.29, 0.717) is 17.1 Å². The fourth-order valence-electron chi connectivity index (χ4n) is 2.78. The van der Waals surface area contributed by atoms with Crippen LogP contribution < -0.4 is 20.1 Å². The third-order valence-corrected chi connectivity index (χ3v) is 4.23. The summed E-state index contributed by atoms with van der Waals surface area (Å²) in [6, 6.07) is 14.9. The molecule has 2 N–H and O–H groups in total. The first-order chi connectivity index (χ1) is 13.5. The van der Waals surface area contributed by atoms with Crippen molar-refractivity contribution in [1.82, 2.24) is 4.98 Å². The third kappa shape index (κ3) is 4.40. The van der Waals surface area contributed by atoms with Crippen molar-refractivity contribution in [3.8, 4) is 11.5 Å². The number of pyridine rings is 1. The van der Waals surface area contributed by atoms with Crippen LogP contribution in [0.25, 0.3) is 0 Å². The highest BCUT2D eigenvalue weighted by Crippen LogP contribution is 2.29. The molecule has 1 aromatic heterocycles. The summed E-state index contributed by atoms with van der Waals surface area (Å²) in [6.07, 6.45) is 1.62. The van der Waals surface area contributed by atoms with E-state index in [0.717, 1.165) is 28.3 Å². The van der Waals surface area contributed by atoms with E-state index in [1.165, 1.54) is 0 Å². The predicted octanol–water partition coefficient (Wildman–Crippen LogP) is 4.71. The molecule has 0 radical (unpaired) electrons. The number of hydrogen-bond donors (Lipinski definition) is 2. The lowest BCUT2D eigenvalue weighted by atomic mass is 10.2. The van der Waals surface area contributed by atoms with Crippen molar-refractivity contribution in [3.05, 3.63) is 71.5 Å². The molecule has 0 unspecified atom stereocenters. The molecule has 0 bridgehead atoms. The van der Waals surface area contributed by atoms with Gasteiger partial charge in [-0.2, -0.15) is 0 Å². The zero-order valence-corrected chi connectivity index (χ0v) is 16.4. The number of aromatic nitrogens is 1.